The lowest BCUT2D eigenvalue weighted by Gasteiger charge is -2.30. The summed E-state index contributed by atoms with van der Waals surface area (Å²) >= 11 is 6.36. The van der Waals surface area contributed by atoms with Gasteiger partial charge in [-0.1, -0.05) is 41.7 Å². The van der Waals surface area contributed by atoms with Crippen molar-refractivity contribution in [3.63, 3.8) is 0 Å². The van der Waals surface area contributed by atoms with Gasteiger partial charge in [0, 0.05) is 12.2 Å². The number of nitrogens with zero attached hydrogens (tertiary/aromatic N) is 2. The minimum atomic E-state index is -0.237. The highest BCUT2D eigenvalue weighted by Crippen LogP contribution is 2.38. The number of hydrogen-bond acceptors (Lipinski definition) is 5. The summed E-state index contributed by atoms with van der Waals surface area (Å²) in [6.07, 6.45) is 4.00. The van der Waals surface area contributed by atoms with E-state index in [1.54, 1.807) is 0 Å². The molecule has 4 nitrogen and oxygen atoms in total. The molecule has 3 rings (SSSR count). The molecular formula is C15H15N3OS2. The second-order valence-corrected chi connectivity index (χ2v) is 6.54. The van der Waals surface area contributed by atoms with Gasteiger partial charge in [-0.05, 0) is 37.6 Å². The zero-order valence-electron chi connectivity index (χ0n) is 11.8. The van der Waals surface area contributed by atoms with E-state index in [1.165, 1.54) is 17.3 Å². The zero-order chi connectivity index (χ0) is 15.1. The van der Waals surface area contributed by atoms with Gasteiger partial charge in [0.25, 0.3) is 5.91 Å². The zero-order valence-corrected chi connectivity index (χ0v) is 13.4. The Labute approximate surface area is 133 Å². The smallest absolute Gasteiger partial charge is 0.282 e. The van der Waals surface area contributed by atoms with Gasteiger partial charge in [0.1, 0.15) is 4.91 Å². The van der Waals surface area contributed by atoms with E-state index in [0.717, 1.165) is 28.5 Å². The number of hydrazine groups is 1. The minimum absolute atomic E-state index is 0.237. The molecular weight excluding hydrogens is 302 g/mol. The lowest BCUT2D eigenvalue weighted by Crippen LogP contribution is -2.35. The molecule has 0 aliphatic carbocycles. The number of thioether (sulfide) groups is 1. The van der Waals surface area contributed by atoms with Gasteiger partial charge >= 0.3 is 0 Å². The van der Waals surface area contributed by atoms with Crippen LogP contribution in [0.3, 0.4) is 0 Å². The SMILES string of the molecule is CCN1C(=C2SC(=S)N(N)C2=O)C=Cc2cc(C)ccc21. The minimum Gasteiger partial charge on any atom is -0.340 e. The summed E-state index contributed by atoms with van der Waals surface area (Å²) in [6.45, 7) is 4.90. The third-order valence-electron chi connectivity index (χ3n) is 3.53. The largest absolute Gasteiger partial charge is 0.340 e. The molecule has 0 saturated carbocycles. The molecule has 2 heterocycles. The van der Waals surface area contributed by atoms with Crippen molar-refractivity contribution < 1.29 is 4.79 Å². The molecule has 1 aromatic carbocycles. The monoisotopic (exact) mass is 317 g/mol. The highest BCUT2D eigenvalue weighted by atomic mass is 32.2. The summed E-state index contributed by atoms with van der Waals surface area (Å²) < 4.78 is 0.390. The van der Waals surface area contributed by atoms with Gasteiger partial charge < -0.3 is 4.90 Å². The number of carbonyl (C=O) groups excluding carboxylic acids is 1. The van der Waals surface area contributed by atoms with Crippen molar-refractivity contribution in [1.82, 2.24) is 5.01 Å². The van der Waals surface area contributed by atoms with Crippen LogP contribution < -0.4 is 10.7 Å². The molecule has 0 atom stereocenters. The maximum Gasteiger partial charge on any atom is 0.282 e. The molecule has 2 aliphatic heterocycles. The molecule has 2 N–H and O–H groups in total. The number of rotatable bonds is 1. The number of allylic oxidation sites excluding steroid dienone is 1. The quantitative estimate of drug-likeness (QED) is 0.373. The van der Waals surface area contributed by atoms with Crippen molar-refractivity contribution in [3.8, 4) is 0 Å². The van der Waals surface area contributed by atoms with Crippen molar-refractivity contribution >= 4 is 46.0 Å². The third kappa shape index (κ3) is 2.29. The Hall–Kier alpha value is -1.63. The second kappa shape index (κ2) is 5.29. The first-order valence-electron chi connectivity index (χ1n) is 6.64. The summed E-state index contributed by atoms with van der Waals surface area (Å²) in [6, 6.07) is 6.30. The normalized spacial score (nSPS) is 21.3. The Morgan fingerprint density at radius 1 is 1.33 bits per heavy atom. The van der Waals surface area contributed by atoms with Gasteiger partial charge in [-0.2, -0.15) is 0 Å². The number of anilines is 1. The predicted molar refractivity (Wildman–Crippen MR) is 91.5 cm³/mol. The molecule has 0 aromatic heterocycles. The maximum atomic E-state index is 12.2. The van der Waals surface area contributed by atoms with Crippen LogP contribution in [-0.2, 0) is 4.79 Å². The van der Waals surface area contributed by atoms with Crippen molar-refractivity contribution in [2.24, 2.45) is 5.84 Å². The molecule has 1 fully saturated rings. The molecule has 2 aliphatic rings. The van der Waals surface area contributed by atoms with E-state index in [-0.39, 0.29) is 5.91 Å². The number of hydrogen-bond donors (Lipinski definition) is 1. The molecule has 1 saturated heterocycles. The average molecular weight is 317 g/mol. The molecule has 0 bridgehead atoms. The first-order valence-corrected chi connectivity index (χ1v) is 7.87. The summed E-state index contributed by atoms with van der Waals surface area (Å²) in [5.74, 6) is 5.43. The number of fused-ring (bicyclic) bond motifs is 1. The van der Waals surface area contributed by atoms with E-state index in [4.69, 9.17) is 18.1 Å². The highest BCUT2D eigenvalue weighted by molar-refractivity contribution is 8.26. The van der Waals surface area contributed by atoms with Crippen LogP contribution in [0.2, 0.25) is 0 Å². The molecule has 1 aromatic rings. The number of amides is 1. The summed E-state index contributed by atoms with van der Waals surface area (Å²) in [4.78, 5) is 14.9. The van der Waals surface area contributed by atoms with Crippen molar-refractivity contribution in [2.45, 2.75) is 13.8 Å². The van der Waals surface area contributed by atoms with Gasteiger partial charge in [0.2, 0.25) is 0 Å². The molecule has 0 unspecified atom stereocenters. The predicted octanol–water partition coefficient (Wildman–Crippen LogP) is 2.79. The Kier molecular flexibility index (Phi) is 3.61. The fraction of sp³-hybridized carbons (Fsp3) is 0.200. The topological polar surface area (TPSA) is 49.6 Å². The molecule has 0 spiro atoms. The lowest BCUT2D eigenvalue weighted by atomic mass is 10.0. The maximum absolute atomic E-state index is 12.2. The van der Waals surface area contributed by atoms with Crippen molar-refractivity contribution in [1.29, 1.82) is 0 Å². The Morgan fingerprint density at radius 3 is 2.71 bits per heavy atom. The first kappa shape index (κ1) is 14.3. The van der Waals surface area contributed by atoms with E-state index >= 15 is 0 Å². The van der Waals surface area contributed by atoms with E-state index < -0.39 is 0 Å². The van der Waals surface area contributed by atoms with Crippen LogP contribution in [-0.4, -0.2) is 21.8 Å². The number of nitrogens with two attached hydrogens (primary N) is 1. The third-order valence-corrected chi connectivity index (χ3v) is 4.94. The van der Waals surface area contributed by atoms with Crippen LogP contribution in [0.4, 0.5) is 5.69 Å². The number of thiocarbonyl (C=S) groups is 1. The Bertz CT molecular complexity index is 709. The van der Waals surface area contributed by atoms with E-state index in [1.807, 2.05) is 12.2 Å². The van der Waals surface area contributed by atoms with Gasteiger partial charge in [0.05, 0.1) is 5.70 Å². The van der Waals surface area contributed by atoms with E-state index in [2.05, 4.69) is 36.9 Å². The fourth-order valence-electron chi connectivity index (χ4n) is 2.51. The van der Waals surface area contributed by atoms with E-state index in [9.17, 15) is 4.79 Å². The number of carbonyl (C=O) groups is 1. The summed E-state index contributed by atoms with van der Waals surface area (Å²) in [5.41, 5.74) is 4.33. The van der Waals surface area contributed by atoms with Gasteiger partial charge in [-0.25, -0.2) is 10.9 Å². The Morgan fingerprint density at radius 2 is 2.10 bits per heavy atom. The Balaban J connectivity index is 2.13. The first-order chi connectivity index (χ1) is 10.0. The molecule has 6 heteroatoms. The van der Waals surface area contributed by atoms with Crippen LogP contribution in [0.15, 0.2) is 34.9 Å². The highest BCUT2D eigenvalue weighted by Gasteiger charge is 2.34. The van der Waals surface area contributed by atoms with Crippen LogP contribution in [0, 0.1) is 6.92 Å². The van der Waals surface area contributed by atoms with Crippen molar-refractivity contribution in [3.05, 3.63) is 46.0 Å². The molecule has 1 amide bonds. The standard InChI is InChI=1S/C15H15N3OS2/c1-3-17-11-6-4-9(2)8-10(11)5-7-12(17)13-14(19)18(16)15(20)21-13/h4-8H,3,16H2,1-2H3. The van der Waals surface area contributed by atoms with Crippen LogP contribution >= 0.6 is 24.0 Å². The lowest BCUT2D eigenvalue weighted by molar-refractivity contribution is -0.122. The number of likely N-dealkylation sites (N-methyl/N-ethyl adjacent to an activating group) is 1. The van der Waals surface area contributed by atoms with E-state index in [0.29, 0.717) is 9.23 Å². The van der Waals surface area contributed by atoms with Gasteiger partial charge in [-0.3, -0.25) is 4.79 Å². The van der Waals surface area contributed by atoms with Gasteiger partial charge in [0.15, 0.2) is 4.32 Å². The summed E-state index contributed by atoms with van der Waals surface area (Å²) in [5, 5.41) is 1.04. The number of benzene rings is 1. The van der Waals surface area contributed by atoms with Crippen molar-refractivity contribution in [2.75, 3.05) is 11.4 Å². The molecule has 108 valence electrons. The van der Waals surface area contributed by atoms with Crippen LogP contribution in [0.1, 0.15) is 18.1 Å². The number of aryl methyl sites for hydroxylation is 1. The second-order valence-electron chi connectivity index (χ2n) is 4.90. The molecule has 0 radical (unpaired) electrons. The molecule has 21 heavy (non-hydrogen) atoms. The average Bonchev–Trinajstić information content (AvgIpc) is 2.73. The summed E-state index contributed by atoms with van der Waals surface area (Å²) in [7, 11) is 0. The van der Waals surface area contributed by atoms with Gasteiger partial charge in [-0.15, -0.1) is 0 Å². The van der Waals surface area contributed by atoms with Crippen LogP contribution in [0.25, 0.3) is 6.08 Å². The fourth-order valence-corrected chi connectivity index (χ4v) is 3.67. The van der Waals surface area contributed by atoms with Crippen LogP contribution in [0.5, 0.6) is 0 Å².